The highest BCUT2D eigenvalue weighted by Crippen LogP contribution is 2.23. The largest absolute Gasteiger partial charge is 0.263 e. The van der Waals surface area contributed by atoms with Crippen LogP contribution in [0.5, 0.6) is 0 Å². The van der Waals surface area contributed by atoms with Crippen molar-refractivity contribution in [1.29, 1.82) is 0 Å². The highest BCUT2D eigenvalue weighted by atomic mass is 14.7. The van der Waals surface area contributed by atoms with Gasteiger partial charge in [0.15, 0.2) is 0 Å². The number of rotatable bonds is 3. The Morgan fingerprint density at radius 1 is 1.12 bits per heavy atom. The smallest absolute Gasteiger partial charge is 0.0407 e. The van der Waals surface area contributed by atoms with Gasteiger partial charge in [-0.05, 0) is 57.7 Å². The first-order chi connectivity index (χ1) is 7.95. The molecule has 0 bridgehead atoms. The number of aliphatic imine (C=N–C) groups is 1. The standard InChI is InChI=1S/C16H23N/c1-7-13(4)17-15(6)14(5)16-9-8-11(2)10-12(16)3/h8-10H,7H2,1-6H3/b15-14+,17-13-. The van der Waals surface area contributed by atoms with E-state index in [9.17, 15) is 0 Å². The summed E-state index contributed by atoms with van der Waals surface area (Å²) in [5.41, 5.74) is 7.52. The minimum absolute atomic E-state index is 1.01. The second-order valence-corrected chi connectivity index (χ2v) is 4.73. The van der Waals surface area contributed by atoms with Crippen molar-refractivity contribution in [2.24, 2.45) is 4.99 Å². The maximum atomic E-state index is 4.63. The zero-order valence-electron chi connectivity index (χ0n) is 11.9. The van der Waals surface area contributed by atoms with Gasteiger partial charge in [-0.25, -0.2) is 0 Å². The van der Waals surface area contributed by atoms with E-state index < -0.39 is 0 Å². The molecule has 1 heteroatoms. The minimum Gasteiger partial charge on any atom is -0.263 e. The predicted octanol–water partition coefficient (Wildman–Crippen LogP) is 4.93. The number of hydrogen-bond acceptors (Lipinski definition) is 1. The summed E-state index contributed by atoms with van der Waals surface area (Å²) in [6.07, 6.45) is 1.01. The summed E-state index contributed by atoms with van der Waals surface area (Å²) in [7, 11) is 0. The van der Waals surface area contributed by atoms with Crippen LogP contribution in [0.25, 0.3) is 5.57 Å². The second-order valence-electron chi connectivity index (χ2n) is 4.73. The summed E-state index contributed by atoms with van der Waals surface area (Å²) in [5.74, 6) is 0. The SMILES string of the molecule is CC/C(C)=N\C(C)=C(/C)c1ccc(C)cc1C. The monoisotopic (exact) mass is 229 g/mol. The van der Waals surface area contributed by atoms with Crippen LogP contribution in [0.4, 0.5) is 0 Å². The molecule has 0 amide bonds. The van der Waals surface area contributed by atoms with E-state index in [0.29, 0.717) is 0 Å². The van der Waals surface area contributed by atoms with Crippen molar-refractivity contribution in [1.82, 2.24) is 0 Å². The Bertz CT molecular complexity index is 464. The van der Waals surface area contributed by atoms with Crippen molar-refractivity contribution in [2.45, 2.75) is 48.0 Å². The van der Waals surface area contributed by atoms with E-state index in [2.05, 4.69) is 64.7 Å². The normalized spacial score (nSPS) is 13.6. The van der Waals surface area contributed by atoms with Crippen LogP contribution in [-0.2, 0) is 0 Å². The topological polar surface area (TPSA) is 12.4 Å². The van der Waals surface area contributed by atoms with Gasteiger partial charge in [0.1, 0.15) is 0 Å². The lowest BCUT2D eigenvalue weighted by Gasteiger charge is -2.09. The van der Waals surface area contributed by atoms with E-state index in [1.807, 2.05) is 0 Å². The van der Waals surface area contributed by atoms with Crippen molar-refractivity contribution in [3.8, 4) is 0 Å². The molecule has 0 aliphatic carbocycles. The van der Waals surface area contributed by atoms with Crippen molar-refractivity contribution >= 4 is 11.3 Å². The summed E-state index contributed by atoms with van der Waals surface area (Å²) in [6.45, 7) is 12.8. The van der Waals surface area contributed by atoms with Gasteiger partial charge in [-0.15, -0.1) is 0 Å². The number of benzene rings is 1. The molecule has 1 nitrogen and oxygen atoms in total. The van der Waals surface area contributed by atoms with Crippen LogP contribution >= 0.6 is 0 Å². The molecule has 92 valence electrons. The summed E-state index contributed by atoms with van der Waals surface area (Å²) in [4.78, 5) is 4.63. The van der Waals surface area contributed by atoms with Gasteiger partial charge in [-0.2, -0.15) is 0 Å². The average molecular weight is 229 g/mol. The van der Waals surface area contributed by atoms with Crippen molar-refractivity contribution in [2.75, 3.05) is 0 Å². The van der Waals surface area contributed by atoms with Gasteiger partial charge < -0.3 is 0 Å². The van der Waals surface area contributed by atoms with Crippen LogP contribution < -0.4 is 0 Å². The van der Waals surface area contributed by atoms with E-state index >= 15 is 0 Å². The molecule has 0 heterocycles. The zero-order chi connectivity index (χ0) is 13.0. The third-order valence-electron chi connectivity index (χ3n) is 3.20. The minimum atomic E-state index is 1.01. The molecule has 0 atom stereocenters. The molecule has 0 saturated carbocycles. The fraction of sp³-hybridized carbons (Fsp3) is 0.438. The van der Waals surface area contributed by atoms with Crippen molar-refractivity contribution in [3.63, 3.8) is 0 Å². The molecule has 0 fully saturated rings. The van der Waals surface area contributed by atoms with Crippen LogP contribution in [0.1, 0.15) is 50.8 Å². The third-order valence-corrected chi connectivity index (χ3v) is 3.20. The molecule has 0 spiro atoms. The zero-order valence-corrected chi connectivity index (χ0v) is 11.9. The van der Waals surface area contributed by atoms with Crippen LogP contribution in [0.3, 0.4) is 0 Å². The molecule has 0 N–H and O–H groups in total. The number of allylic oxidation sites excluding steroid dienone is 2. The average Bonchev–Trinajstić information content (AvgIpc) is 2.28. The van der Waals surface area contributed by atoms with Gasteiger partial charge in [0, 0.05) is 11.4 Å². The lowest BCUT2D eigenvalue weighted by molar-refractivity contribution is 1.20. The fourth-order valence-corrected chi connectivity index (χ4v) is 1.88. The Balaban J connectivity index is 3.19. The number of aryl methyl sites for hydroxylation is 2. The highest BCUT2D eigenvalue weighted by molar-refractivity contribution is 5.84. The van der Waals surface area contributed by atoms with Crippen LogP contribution in [0.2, 0.25) is 0 Å². The Kier molecular flexibility index (Phi) is 4.68. The van der Waals surface area contributed by atoms with E-state index in [-0.39, 0.29) is 0 Å². The van der Waals surface area contributed by atoms with E-state index in [0.717, 1.165) is 12.1 Å². The van der Waals surface area contributed by atoms with Gasteiger partial charge in [0.05, 0.1) is 0 Å². The highest BCUT2D eigenvalue weighted by Gasteiger charge is 2.04. The number of nitrogens with zero attached hydrogens (tertiary/aromatic N) is 1. The van der Waals surface area contributed by atoms with Crippen LogP contribution in [-0.4, -0.2) is 5.71 Å². The molecule has 0 unspecified atom stereocenters. The number of hydrogen-bond donors (Lipinski definition) is 0. The van der Waals surface area contributed by atoms with Gasteiger partial charge >= 0.3 is 0 Å². The van der Waals surface area contributed by atoms with Crippen LogP contribution in [0.15, 0.2) is 28.9 Å². The summed E-state index contributed by atoms with van der Waals surface area (Å²) in [5, 5.41) is 0. The Labute approximate surface area is 105 Å². The predicted molar refractivity (Wildman–Crippen MR) is 77.6 cm³/mol. The molecule has 1 aromatic rings. The lowest BCUT2D eigenvalue weighted by Crippen LogP contribution is -1.92. The van der Waals surface area contributed by atoms with Gasteiger partial charge in [0.25, 0.3) is 0 Å². The van der Waals surface area contributed by atoms with E-state index in [1.54, 1.807) is 0 Å². The third kappa shape index (κ3) is 3.55. The summed E-state index contributed by atoms with van der Waals surface area (Å²) >= 11 is 0. The maximum absolute atomic E-state index is 4.63. The fourth-order valence-electron chi connectivity index (χ4n) is 1.88. The van der Waals surface area contributed by atoms with Crippen molar-refractivity contribution in [3.05, 3.63) is 40.6 Å². The molecule has 17 heavy (non-hydrogen) atoms. The molecule has 0 aliphatic heterocycles. The summed E-state index contributed by atoms with van der Waals surface area (Å²) < 4.78 is 0. The summed E-state index contributed by atoms with van der Waals surface area (Å²) in [6, 6.07) is 6.58. The van der Waals surface area contributed by atoms with E-state index in [4.69, 9.17) is 0 Å². The Morgan fingerprint density at radius 2 is 1.76 bits per heavy atom. The molecular weight excluding hydrogens is 206 g/mol. The molecular formula is C16H23N. The first-order valence-corrected chi connectivity index (χ1v) is 6.25. The molecule has 0 saturated heterocycles. The van der Waals surface area contributed by atoms with Crippen LogP contribution in [0, 0.1) is 13.8 Å². The van der Waals surface area contributed by atoms with Gasteiger partial charge in [-0.1, -0.05) is 30.7 Å². The maximum Gasteiger partial charge on any atom is 0.0407 e. The van der Waals surface area contributed by atoms with E-state index in [1.165, 1.54) is 28.0 Å². The van der Waals surface area contributed by atoms with Gasteiger partial charge in [-0.3, -0.25) is 4.99 Å². The van der Waals surface area contributed by atoms with Gasteiger partial charge in [0.2, 0.25) is 0 Å². The second kappa shape index (κ2) is 5.81. The molecule has 0 radical (unpaired) electrons. The first kappa shape index (κ1) is 13.7. The quantitative estimate of drug-likeness (QED) is 0.652. The molecule has 1 aromatic carbocycles. The molecule has 1 rings (SSSR count). The molecule has 0 aromatic heterocycles. The first-order valence-electron chi connectivity index (χ1n) is 6.25. The lowest BCUT2D eigenvalue weighted by atomic mass is 9.98. The molecule has 0 aliphatic rings. The Hall–Kier alpha value is -1.37. The Morgan fingerprint density at radius 3 is 2.29 bits per heavy atom. The van der Waals surface area contributed by atoms with Crippen molar-refractivity contribution < 1.29 is 0 Å².